The van der Waals surface area contributed by atoms with Crippen LogP contribution in [-0.4, -0.2) is 11.7 Å². The van der Waals surface area contributed by atoms with Crippen LogP contribution in [-0.2, 0) is 12.0 Å². The van der Waals surface area contributed by atoms with Crippen LogP contribution in [0.3, 0.4) is 0 Å². The molecular weight excluding hydrogens is 216 g/mol. The maximum atomic E-state index is 5.72. The predicted octanol–water partition coefficient (Wildman–Crippen LogP) is 2.07. The Morgan fingerprint density at radius 2 is 2.24 bits per heavy atom. The third-order valence-electron chi connectivity index (χ3n) is 5.17. The topological polar surface area (TPSA) is 39.1 Å². The van der Waals surface area contributed by atoms with Gasteiger partial charge in [0.25, 0.3) is 0 Å². The van der Waals surface area contributed by atoms with Gasteiger partial charge < -0.3 is 9.15 Å². The minimum atomic E-state index is 0.0735. The standard InChI is InChI=1S/C13H21N2O2/c1-5-16-11-14-15-10(17-11)8-9-6-7-13(15,4)12(9,2)3/h9H,5-8H2,1-4H3/q+1/t9-,13-/m0/s1. The summed E-state index contributed by atoms with van der Waals surface area (Å²) in [6.07, 6.45) is 3.86. The quantitative estimate of drug-likeness (QED) is 0.739. The van der Waals surface area contributed by atoms with E-state index in [1.54, 1.807) is 0 Å². The van der Waals surface area contributed by atoms with Gasteiger partial charge in [-0.25, -0.2) is 0 Å². The summed E-state index contributed by atoms with van der Waals surface area (Å²) in [5.41, 5.74) is 0.356. The molecule has 0 radical (unpaired) electrons. The lowest BCUT2D eigenvalue weighted by Crippen LogP contribution is -2.66. The lowest BCUT2D eigenvalue weighted by Gasteiger charge is -2.37. The van der Waals surface area contributed by atoms with Crippen LogP contribution in [0.25, 0.3) is 0 Å². The van der Waals surface area contributed by atoms with E-state index in [1.165, 1.54) is 12.8 Å². The third kappa shape index (κ3) is 1.24. The van der Waals surface area contributed by atoms with Crippen molar-refractivity contribution in [1.82, 2.24) is 5.10 Å². The monoisotopic (exact) mass is 237 g/mol. The SMILES string of the molecule is CCOc1n[n+]2c(o1)C[C@@H]1CC[C@@]2(C)C1(C)C. The summed E-state index contributed by atoms with van der Waals surface area (Å²) in [7, 11) is 0. The maximum absolute atomic E-state index is 5.72. The summed E-state index contributed by atoms with van der Waals surface area (Å²) in [5, 5.41) is 4.51. The average Bonchev–Trinajstić information content (AvgIpc) is 2.70. The smallest absolute Gasteiger partial charge is 0.447 e. The zero-order chi connectivity index (χ0) is 12.3. The highest BCUT2D eigenvalue weighted by Gasteiger charge is 2.65. The van der Waals surface area contributed by atoms with Gasteiger partial charge in [0.2, 0.25) is 0 Å². The van der Waals surface area contributed by atoms with E-state index in [4.69, 9.17) is 9.15 Å². The van der Waals surface area contributed by atoms with Crippen molar-refractivity contribution in [3.05, 3.63) is 5.89 Å². The second-order valence-electron chi connectivity index (χ2n) is 6.04. The molecule has 17 heavy (non-hydrogen) atoms. The van der Waals surface area contributed by atoms with Gasteiger partial charge in [-0.15, -0.1) is 0 Å². The van der Waals surface area contributed by atoms with Crippen LogP contribution in [0.4, 0.5) is 0 Å². The number of rotatable bonds is 2. The van der Waals surface area contributed by atoms with Crippen molar-refractivity contribution in [2.75, 3.05) is 6.61 Å². The zero-order valence-corrected chi connectivity index (χ0v) is 11.1. The molecule has 0 aromatic carbocycles. The summed E-state index contributed by atoms with van der Waals surface area (Å²) in [4.78, 5) is 0. The first-order valence-corrected chi connectivity index (χ1v) is 6.54. The molecule has 1 saturated carbocycles. The normalized spacial score (nSPS) is 33.5. The largest absolute Gasteiger partial charge is 0.457 e. The summed E-state index contributed by atoms with van der Waals surface area (Å²) in [6, 6.07) is 0. The molecule has 2 heterocycles. The van der Waals surface area contributed by atoms with Crippen LogP contribution < -0.4 is 9.42 Å². The molecule has 94 valence electrons. The minimum Gasteiger partial charge on any atom is -0.447 e. The van der Waals surface area contributed by atoms with E-state index in [0.717, 1.165) is 12.3 Å². The Balaban J connectivity index is 2.09. The molecule has 1 fully saturated rings. The summed E-state index contributed by atoms with van der Waals surface area (Å²) in [6.45, 7) is 9.56. The molecule has 1 aliphatic carbocycles. The van der Waals surface area contributed by atoms with Crippen LogP contribution in [0.1, 0.15) is 46.4 Å². The van der Waals surface area contributed by atoms with Crippen molar-refractivity contribution in [3.63, 3.8) is 0 Å². The van der Waals surface area contributed by atoms with E-state index in [9.17, 15) is 0 Å². The maximum Gasteiger partial charge on any atom is 0.457 e. The van der Waals surface area contributed by atoms with Crippen molar-refractivity contribution < 1.29 is 13.8 Å². The molecule has 4 heteroatoms. The summed E-state index contributed by atoms with van der Waals surface area (Å²) in [5.74, 6) is 1.69. The molecule has 0 saturated heterocycles. The second-order valence-corrected chi connectivity index (χ2v) is 6.04. The van der Waals surface area contributed by atoms with E-state index >= 15 is 0 Å². The zero-order valence-electron chi connectivity index (χ0n) is 11.1. The number of ether oxygens (including phenoxy) is 1. The van der Waals surface area contributed by atoms with Crippen LogP contribution in [0.2, 0.25) is 0 Å². The predicted molar refractivity (Wildman–Crippen MR) is 61.7 cm³/mol. The van der Waals surface area contributed by atoms with E-state index < -0.39 is 0 Å². The van der Waals surface area contributed by atoms with E-state index in [0.29, 0.717) is 18.6 Å². The van der Waals surface area contributed by atoms with Gasteiger partial charge in [-0.3, -0.25) is 0 Å². The molecule has 0 N–H and O–H groups in total. The Bertz CT molecular complexity index is 452. The van der Waals surface area contributed by atoms with Crippen molar-refractivity contribution >= 4 is 0 Å². The second kappa shape index (κ2) is 3.24. The fourth-order valence-electron chi connectivity index (χ4n) is 3.52. The first-order chi connectivity index (χ1) is 7.99. The summed E-state index contributed by atoms with van der Waals surface area (Å²) < 4.78 is 13.2. The fourth-order valence-corrected chi connectivity index (χ4v) is 3.52. The molecule has 2 bridgehead atoms. The van der Waals surface area contributed by atoms with Gasteiger partial charge in [0, 0.05) is 18.8 Å². The number of hydrogen-bond donors (Lipinski definition) is 0. The van der Waals surface area contributed by atoms with Gasteiger partial charge in [-0.1, -0.05) is 13.8 Å². The van der Waals surface area contributed by atoms with Crippen molar-refractivity contribution in [2.45, 2.75) is 52.5 Å². The van der Waals surface area contributed by atoms with Crippen LogP contribution in [0.5, 0.6) is 6.08 Å². The number of hydrogen-bond acceptors (Lipinski definition) is 3. The lowest BCUT2D eigenvalue weighted by atomic mass is 9.68. The van der Waals surface area contributed by atoms with Gasteiger partial charge >= 0.3 is 12.0 Å². The minimum absolute atomic E-state index is 0.0735. The Morgan fingerprint density at radius 3 is 2.94 bits per heavy atom. The Labute approximate surface area is 102 Å². The molecule has 0 amide bonds. The third-order valence-corrected chi connectivity index (χ3v) is 5.17. The summed E-state index contributed by atoms with van der Waals surface area (Å²) >= 11 is 0. The van der Waals surface area contributed by atoms with Gasteiger partial charge in [-0.2, -0.15) is 0 Å². The number of fused-ring (bicyclic) bond motifs is 4. The Hall–Kier alpha value is -1.06. The molecule has 4 nitrogen and oxygen atoms in total. The van der Waals surface area contributed by atoms with E-state index in [2.05, 4.69) is 30.6 Å². The molecule has 1 aromatic rings. The lowest BCUT2D eigenvalue weighted by molar-refractivity contribution is -0.835. The molecule has 0 unspecified atom stereocenters. The fraction of sp³-hybridized carbons (Fsp3) is 0.846. The van der Waals surface area contributed by atoms with E-state index in [1.807, 2.05) is 6.92 Å². The molecule has 2 atom stereocenters. The van der Waals surface area contributed by atoms with Crippen LogP contribution in [0, 0.1) is 11.3 Å². The number of nitrogens with zero attached hydrogens (tertiary/aromatic N) is 2. The molecule has 2 aliphatic rings. The van der Waals surface area contributed by atoms with Crippen molar-refractivity contribution in [2.24, 2.45) is 11.3 Å². The van der Waals surface area contributed by atoms with Crippen molar-refractivity contribution in [1.29, 1.82) is 0 Å². The molecule has 1 aliphatic heterocycles. The van der Waals surface area contributed by atoms with Gasteiger partial charge in [0.15, 0.2) is 5.54 Å². The molecular formula is C13H21N2O2+. The van der Waals surface area contributed by atoms with Gasteiger partial charge in [0.05, 0.1) is 18.1 Å². The highest BCUT2D eigenvalue weighted by Crippen LogP contribution is 2.55. The molecule has 0 spiro atoms. The average molecular weight is 237 g/mol. The Kier molecular flexibility index (Phi) is 2.11. The first kappa shape index (κ1) is 11.1. The van der Waals surface area contributed by atoms with Crippen LogP contribution in [0.15, 0.2) is 4.42 Å². The first-order valence-electron chi connectivity index (χ1n) is 6.54. The van der Waals surface area contributed by atoms with Crippen LogP contribution >= 0.6 is 0 Å². The van der Waals surface area contributed by atoms with Crippen molar-refractivity contribution in [3.8, 4) is 6.08 Å². The van der Waals surface area contributed by atoms with Gasteiger partial charge in [-0.05, 0) is 23.9 Å². The Morgan fingerprint density at radius 1 is 1.47 bits per heavy atom. The molecule has 1 aromatic heterocycles. The molecule has 3 rings (SSSR count). The highest BCUT2D eigenvalue weighted by molar-refractivity contribution is 5.03. The number of aromatic nitrogens is 2. The van der Waals surface area contributed by atoms with E-state index in [-0.39, 0.29) is 11.0 Å². The highest BCUT2D eigenvalue weighted by atomic mass is 16.6. The van der Waals surface area contributed by atoms with Gasteiger partial charge in [0.1, 0.15) is 0 Å².